The fourth-order valence-electron chi connectivity index (χ4n) is 1.30. The third kappa shape index (κ3) is 1.45. The second-order valence-electron chi connectivity index (χ2n) is 2.96. The average molecular weight is 192 g/mol. The molecule has 1 heterocycles. The highest BCUT2D eigenvalue weighted by molar-refractivity contribution is 5.84. The van der Waals surface area contributed by atoms with E-state index in [1.165, 1.54) is 11.3 Å². The van der Waals surface area contributed by atoms with Crippen molar-refractivity contribution in [3.63, 3.8) is 0 Å². The summed E-state index contributed by atoms with van der Waals surface area (Å²) in [7, 11) is 0. The number of carbonyl (C=O) groups excluding carboxylic acids is 1. The van der Waals surface area contributed by atoms with Crippen LogP contribution in [0.25, 0.3) is 0 Å². The molecule has 74 valence electrons. The van der Waals surface area contributed by atoms with Gasteiger partial charge >= 0.3 is 5.91 Å². The molecule has 0 bridgehead atoms. The van der Waals surface area contributed by atoms with Crippen LogP contribution in [-0.2, 0) is 9.53 Å². The summed E-state index contributed by atoms with van der Waals surface area (Å²) in [6.07, 6.45) is -0.754. The molecule has 1 aromatic carbocycles. The van der Waals surface area contributed by atoms with Gasteiger partial charge in [-0.15, -0.1) is 0 Å². The molecule has 14 heavy (non-hydrogen) atoms. The van der Waals surface area contributed by atoms with E-state index in [1.54, 1.807) is 12.1 Å². The maximum Gasteiger partial charge on any atom is 0.313 e. The normalized spacial score (nSPS) is 21.1. The summed E-state index contributed by atoms with van der Waals surface area (Å²) in [4.78, 5) is 11.5. The number of rotatable bonds is 1. The molecule has 4 nitrogen and oxygen atoms in total. The molecule has 1 unspecified atom stereocenters. The molecule has 0 aliphatic carbocycles. The summed E-state index contributed by atoms with van der Waals surface area (Å²) in [6.45, 7) is 1.04. The molecule has 1 aliphatic heterocycles. The number of nitrogens with zero attached hydrogens (tertiary/aromatic N) is 1. The second kappa shape index (κ2) is 3.69. The zero-order valence-corrected chi connectivity index (χ0v) is 7.46. The van der Waals surface area contributed by atoms with E-state index in [-0.39, 0.29) is 12.5 Å². The van der Waals surface area contributed by atoms with E-state index in [0.29, 0.717) is 0 Å². The van der Waals surface area contributed by atoms with Crippen LogP contribution in [0, 0.1) is 6.73 Å². The third-order valence-electron chi connectivity index (χ3n) is 2.04. The second-order valence-corrected chi connectivity index (χ2v) is 2.96. The van der Waals surface area contributed by atoms with Crippen LogP contribution in [0.15, 0.2) is 30.3 Å². The lowest BCUT2D eigenvalue weighted by molar-refractivity contribution is -0.126. The lowest BCUT2D eigenvalue weighted by Crippen LogP contribution is -2.33. The molecule has 1 saturated heterocycles. The smallest absolute Gasteiger partial charge is 0.313 e. The minimum atomic E-state index is -0.754. The Balaban J connectivity index is 2.43. The minimum absolute atomic E-state index is 0.237. The van der Waals surface area contributed by atoms with Crippen LogP contribution in [0.4, 0.5) is 0 Å². The van der Waals surface area contributed by atoms with Gasteiger partial charge in [-0.1, -0.05) is 0 Å². The molecule has 0 radical (unpaired) electrons. The quantitative estimate of drug-likeness (QED) is 0.469. The van der Waals surface area contributed by atoms with Crippen molar-refractivity contribution in [2.45, 2.75) is 6.10 Å². The highest BCUT2D eigenvalue weighted by Crippen LogP contribution is 2.04. The fraction of sp³-hybridized carbons (Fsp3) is 0.200. The van der Waals surface area contributed by atoms with Gasteiger partial charge in [-0.05, 0) is 0 Å². The number of carbonyl (C=O) groups is 1. The molecule has 1 amide bonds. The molecule has 2 rings (SSSR count). The van der Waals surface area contributed by atoms with Gasteiger partial charge in [0.25, 0.3) is 0 Å². The summed E-state index contributed by atoms with van der Waals surface area (Å²) in [5, 5.41) is 9.55. The maximum atomic E-state index is 11.5. The van der Waals surface area contributed by atoms with Crippen LogP contribution in [0.5, 0.6) is 0 Å². The fourth-order valence-corrected chi connectivity index (χ4v) is 1.30. The van der Waals surface area contributed by atoms with E-state index in [0.717, 1.165) is 5.36 Å². The van der Waals surface area contributed by atoms with Gasteiger partial charge in [-0.3, -0.25) is 9.37 Å². The Hall–Kier alpha value is -1.52. The van der Waals surface area contributed by atoms with Crippen LogP contribution < -0.4 is 9.93 Å². The highest BCUT2D eigenvalue weighted by atomic mass is 16.5. The molecule has 1 N–H and O–H groups in total. The predicted molar refractivity (Wildman–Crippen MR) is 48.6 cm³/mol. The lowest BCUT2D eigenvalue weighted by Gasteiger charge is -2.01. The zero-order valence-electron chi connectivity index (χ0n) is 7.46. The highest BCUT2D eigenvalue weighted by Gasteiger charge is 2.29. The van der Waals surface area contributed by atoms with Crippen molar-refractivity contribution in [2.75, 3.05) is 6.61 Å². The van der Waals surface area contributed by atoms with E-state index in [1.807, 2.05) is 18.2 Å². The third-order valence-corrected chi connectivity index (χ3v) is 2.04. The van der Waals surface area contributed by atoms with Crippen molar-refractivity contribution >= 4 is 5.91 Å². The predicted octanol–water partition coefficient (Wildman–Crippen LogP) is -0.785. The number of benzene rings is 1. The van der Waals surface area contributed by atoms with Crippen molar-refractivity contribution in [1.82, 2.24) is 4.58 Å². The van der Waals surface area contributed by atoms with Gasteiger partial charge < -0.3 is 9.84 Å². The van der Waals surface area contributed by atoms with Crippen molar-refractivity contribution < 1.29 is 14.6 Å². The molecular weight excluding hydrogens is 182 g/mol. The van der Waals surface area contributed by atoms with Crippen molar-refractivity contribution in [1.29, 1.82) is 0 Å². The van der Waals surface area contributed by atoms with Crippen molar-refractivity contribution in [3.05, 3.63) is 42.4 Å². The van der Waals surface area contributed by atoms with Gasteiger partial charge in [0, 0.05) is 5.36 Å². The molecule has 1 fully saturated rings. The molecule has 4 heteroatoms. The van der Waals surface area contributed by atoms with E-state index in [2.05, 4.69) is 0 Å². The number of para-hydroxylation sites is 1. The van der Waals surface area contributed by atoms with Crippen LogP contribution >= 0.6 is 0 Å². The van der Waals surface area contributed by atoms with Crippen LogP contribution in [0.2, 0.25) is 0 Å². The Morgan fingerprint density at radius 3 is 3.00 bits per heavy atom. The first kappa shape index (κ1) is 9.05. The Bertz CT molecular complexity index is 390. The standard InChI is InChI=1S/C10H10NO3/c12-6-9-10(13)11(7-14-9)8-4-2-1-3-5-8/h1-5,7,9,12H,6H2/q-1. The van der Waals surface area contributed by atoms with Gasteiger partial charge in [0.15, 0.2) is 12.8 Å². The number of aliphatic hydroxyl groups excluding tert-OH is 1. The zero-order chi connectivity index (χ0) is 9.97. The molecule has 0 saturated carbocycles. The first-order valence-corrected chi connectivity index (χ1v) is 4.30. The Morgan fingerprint density at radius 1 is 1.57 bits per heavy atom. The van der Waals surface area contributed by atoms with Gasteiger partial charge in [0.1, 0.15) is 0 Å². The number of ether oxygens (including phenoxy) is 1. The van der Waals surface area contributed by atoms with Gasteiger partial charge in [-0.25, -0.2) is 0 Å². The first-order valence-electron chi connectivity index (χ1n) is 4.30. The Kier molecular flexibility index (Phi) is 2.39. The molecule has 0 spiro atoms. The van der Waals surface area contributed by atoms with Crippen LogP contribution in [-0.4, -0.2) is 23.7 Å². The summed E-state index contributed by atoms with van der Waals surface area (Å²) < 4.78 is 6.37. The SMILES string of the molecule is O=C1C(CO)O[CH-][N+]1=c1cccc[cH-]1. The van der Waals surface area contributed by atoms with Gasteiger partial charge in [-0.2, -0.15) is 30.3 Å². The average Bonchev–Trinajstić information content (AvgIpc) is 2.61. The summed E-state index contributed by atoms with van der Waals surface area (Å²) in [5.41, 5.74) is 0. The minimum Gasteiger partial charge on any atom is -0.394 e. The van der Waals surface area contributed by atoms with E-state index in [9.17, 15) is 4.79 Å². The van der Waals surface area contributed by atoms with Crippen LogP contribution in [0.3, 0.4) is 0 Å². The van der Waals surface area contributed by atoms with Crippen LogP contribution in [0.1, 0.15) is 0 Å². The Labute approximate surface area is 81.1 Å². The summed E-state index contributed by atoms with van der Waals surface area (Å²) in [6, 6.07) is 9.15. The molecule has 1 aliphatic rings. The topological polar surface area (TPSA) is 49.5 Å². The van der Waals surface area contributed by atoms with Crippen molar-refractivity contribution in [2.24, 2.45) is 0 Å². The lowest BCUT2D eigenvalue weighted by atomic mass is 10.3. The largest absolute Gasteiger partial charge is 0.394 e. The molecule has 0 aromatic heterocycles. The van der Waals surface area contributed by atoms with Gasteiger partial charge in [0.05, 0.1) is 6.61 Å². The molecule has 1 aromatic rings. The van der Waals surface area contributed by atoms with Crippen molar-refractivity contribution in [3.8, 4) is 0 Å². The summed E-state index contributed by atoms with van der Waals surface area (Å²) in [5.74, 6) is -0.237. The maximum absolute atomic E-state index is 11.5. The molecular formula is C10H10NO3-. The number of amides is 1. The number of hydrogen-bond acceptors (Lipinski definition) is 3. The first-order chi connectivity index (χ1) is 6.83. The Morgan fingerprint density at radius 2 is 2.43 bits per heavy atom. The van der Waals surface area contributed by atoms with E-state index in [4.69, 9.17) is 9.84 Å². The number of aliphatic hydroxyl groups is 1. The van der Waals surface area contributed by atoms with Gasteiger partial charge in [0.2, 0.25) is 0 Å². The molecule has 1 atom stereocenters. The van der Waals surface area contributed by atoms with E-state index >= 15 is 0 Å². The van der Waals surface area contributed by atoms with E-state index < -0.39 is 6.10 Å². The number of hydrogen-bond donors (Lipinski definition) is 1. The monoisotopic (exact) mass is 192 g/mol. The summed E-state index contributed by atoms with van der Waals surface area (Å²) >= 11 is 0.